The molecule has 1 amide bonds. The van der Waals surface area contributed by atoms with Crippen LogP contribution in [0.4, 0.5) is 0 Å². The molecule has 1 aromatic carbocycles. The van der Waals surface area contributed by atoms with Crippen LogP contribution in [0, 0.1) is 11.8 Å². The van der Waals surface area contributed by atoms with Gasteiger partial charge in [0.05, 0.1) is 18.9 Å². The van der Waals surface area contributed by atoms with Crippen molar-refractivity contribution in [3.63, 3.8) is 0 Å². The summed E-state index contributed by atoms with van der Waals surface area (Å²) in [6.45, 7) is 7.25. The molecule has 174 valence electrons. The molecule has 2 aliphatic rings. The van der Waals surface area contributed by atoms with E-state index in [0.717, 1.165) is 70.2 Å². The van der Waals surface area contributed by atoms with Crippen LogP contribution in [0.3, 0.4) is 0 Å². The van der Waals surface area contributed by atoms with Crippen molar-refractivity contribution < 1.29 is 18.8 Å². The third kappa shape index (κ3) is 7.05. The fraction of sp³-hybridized carbons (Fsp3) is 0.583. The van der Waals surface area contributed by atoms with Crippen molar-refractivity contribution in [2.45, 2.75) is 25.9 Å². The van der Waals surface area contributed by atoms with E-state index in [4.69, 9.17) is 14.0 Å². The molecule has 3 heterocycles. The lowest BCUT2D eigenvalue weighted by molar-refractivity contribution is -0.122. The summed E-state index contributed by atoms with van der Waals surface area (Å²) < 4.78 is 16.6. The first-order valence-corrected chi connectivity index (χ1v) is 11.7. The van der Waals surface area contributed by atoms with Crippen molar-refractivity contribution in [1.29, 1.82) is 0 Å². The first-order chi connectivity index (χ1) is 15.8. The Labute approximate surface area is 189 Å². The largest absolute Gasteiger partial charge is 0.486 e. The molecule has 2 fully saturated rings. The standard InChI is InChI=1S/C24H34N4O4/c29-24(26-8-9-28-10-12-30-13-11-28)15-19-6-7-25-17-20(19)14-21-16-23(32-27-21)18-31-22-4-2-1-3-5-22/h1-5,16,19-20,25H,6-15,17-18H2,(H,26,29)/t19-,20-/m0/s1. The number of amides is 1. The van der Waals surface area contributed by atoms with Crippen LogP contribution >= 0.6 is 0 Å². The first-order valence-electron chi connectivity index (χ1n) is 11.7. The van der Waals surface area contributed by atoms with Gasteiger partial charge in [-0.1, -0.05) is 23.4 Å². The third-order valence-corrected chi connectivity index (χ3v) is 6.27. The molecule has 0 saturated carbocycles. The molecule has 0 bridgehead atoms. The minimum Gasteiger partial charge on any atom is -0.486 e. The van der Waals surface area contributed by atoms with Crippen molar-refractivity contribution in [3.8, 4) is 5.75 Å². The van der Waals surface area contributed by atoms with Crippen LogP contribution in [0.15, 0.2) is 40.9 Å². The van der Waals surface area contributed by atoms with Crippen LogP contribution in [0.5, 0.6) is 5.75 Å². The molecule has 8 nitrogen and oxygen atoms in total. The smallest absolute Gasteiger partial charge is 0.220 e. The molecule has 2 aromatic rings. The van der Waals surface area contributed by atoms with Gasteiger partial charge in [0.15, 0.2) is 5.76 Å². The van der Waals surface area contributed by atoms with Gasteiger partial charge < -0.3 is 24.6 Å². The maximum Gasteiger partial charge on any atom is 0.220 e. The molecule has 2 saturated heterocycles. The van der Waals surface area contributed by atoms with Crippen LogP contribution in [-0.4, -0.2) is 68.4 Å². The van der Waals surface area contributed by atoms with Gasteiger partial charge in [-0.05, 0) is 49.9 Å². The monoisotopic (exact) mass is 442 g/mol. The summed E-state index contributed by atoms with van der Waals surface area (Å²) in [7, 11) is 0. The summed E-state index contributed by atoms with van der Waals surface area (Å²) in [6, 6.07) is 11.6. The second-order valence-corrected chi connectivity index (χ2v) is 8.61. The molecule has 2 N–H and O–H groups in total. The summed E-state index contributed by atoms with van der Waals surface area (Å²) in [6.07, 6.45) is 2.37. The normalized spacial score (nSPS) is 21.9. The predicted molar refractivity (Wildman–Crippen MR) is 120 cm³/mol. The van der Waals surface area contributed by atoms with Crippen molar-refractivity contribution in [3.05, 3.63) is 47.9 Å². The molecule has 8 heteroatoms. The summed E-state index contributed by atoms with van der Waals surface area (Å²) in [5.74, 6) is 2.38. The Balaban J connectivity index is 1.21. The molecule has 0 aliphatic carbocycles. The lowest BCUT2D eigenvalue weighted by Crippen LogP contribution is -2.43. The molecule has 4 rings (SSSR count). The van der Waals surface area contributed by atoms with Gasteiger partial charge in [0.25, 0.3) is 0 Å². The van der Waals surface area contributed by atoms with E-state index in [2.05, 4.69) is 20.7 Å². The highest BCUT2D eigenvalue weighted by molar-refractivity contribution is 5.76. The molecule has 2 aliphatic heterocycles. The molecule has 2 atom stereocenters. The maximum atomic E-state index is 12.5. The minimum absolute atomic E-state index is 0.146. The number of aromatic nitrogens is 1. The number of carbonyl (C=O) groups is 1. The van der Waals surface area contributed by atoms with Gasteiger partial charge in [0.1, 0.15) is 12.4 Å². The quantitative estimate of drug-likeness (QED) is 0.581. The molecule has 1 aromatic heterocycles. The summed E-state index contributed by atoms with van der Waals surface area (Å²) in [5, 5.41) is 10.8. The van der Waals surface area contributed by atoms with Crippen LogP contribution in [0.1, 0.15) is 24.3 Å². The highest BCUT2D eigenvalue weighted by atomic mass is 16.5. The minimum atomic E-state index is 0.146. The number of nitrogens with one attached hydrogen (secondary N) is 2. The number of hydrogen-bond donors (Lipinski definition) is 2. The lowest BCUT2D eigenvalue weighted by atomic mass is 9.81. The topological polar surface area (TPSA) is 88.9 Å². The zero-order valence-electron chi connectivity index (χ0n) is 18.6. The van der Waals surface area contributed by atoms with E-state index >= 15 is 0 Å². The first kappa shape index (κ1) is 22.8. The zero-order valence-corrected chi connectivity index (χ0v) is 18.6. The fourth-order valence-electron chi connectivity index (χ4n) is 4.43. The van der Waals surface area contributed by atoms with E-state index in [1.54, 1.807) is 0 Å². The number of para-hydroxylation sites is 1. The molecule has 32 heavy (non-hydrogen) atoms. The van der Waals surface area contributed by atoms with Crippen LogP contribution in [-0.2, 0) is 22.6 Å². The van der Waals surface area contributed by atoms with E-state index in [-0.39, 0.29) is 5.91 Å². The van der Waals surface area contributed by atoms with Gasteiger partial charge in [-0.25, -0.2) is 0 Å². The fourth-order valence-corrected chi connectivity index (χ4v) is 4.43. The Morgan fingerprint density at radius 3 is 2.91 bits per heavy atom. The van der Waals surface area contributed by atoms with Crippen molar-refractivity contribution in [1.82, 2.24) is 20.7 Å². The molecular weight excluding hydrogens is 408 g/mol. The summed E-state index contributed by atoms with van der Waals surface area (Å²) >= 11 is 0. The van der Waals surface area contributed by atoms with E-state index in [0.29, 0.717) is 37.2 Å². The van der Waals surface area contributed by atoms with Gasteiger partial charge >= 0.3 is 0 Å². The average molecular weight is 443 g/mol. The number of piperidine rings is 1. The Hall–Kier alpha value is -2.42. The molecule has 0 radical (unpaired) electrons. The van der Waals surface area contributed by atoms with Gasteiger partial charge in [-0.2, -0.15) is 0 Å². The Kier molecular flexibility index (Phi) is 8.53. The van der Waals surface area contributed by atoms with Crippen molar-refractivity contribution >= 4 is 5.91 Å². The van der Waals surface area contributed by atoms with Crippen molar-refractivity contribution in [2.24, 2.45) is 11.8 Å². The van der Waals surface area contributed by atoms with E-state index in [1.165, 1.54) is 0 Å². The number of rotatable bonds is 10. The highest BCUT2D eigenvalue weighted by Crippen LogP contribution is 2.26. The van der Waals surface area contributed by atoms with Gasteiger partial charge in [-0.3, -0.25) is 9.69 Å². The van der Waals surface area contributed by atoms with Gasteiger partial charge in [0, 0.05) is 38.7 Å². The maximum absolute atomic E-state index is 12.5. The van der Waals surface area contributed by atoms with E-state index in [9.17, 15) is 4.79 Å². The molecule has 0 spiro atoms. The zero-order chi connectivity index (χ0) is 22.0. The highest BCUT2D eigenvalue weighted by Gasteiger charge is 2.28. The Bertz CT molecular complexity index is 822. The summed E-state index contributed by atoms with van der Waals surface area (Å²) in [4.78, 5) is 14.9. The third-order valence-electron chi connectivity index (χ3n) is 6.27. The second kappa shape index (κ2) is 12.0. The number of nitrogens with zero attached hydrogens (tertiary/aromatic N) is 2. The number of ether oxygens (including phenoxy) is 2. The van der Waals surface area contributed by atoms with Crippen LogP contribution < -0.4 is 15.4 Å². The van der Waals surface area contributed by atoms with Crippen molar-refractivity contribution in [2.75, 3.05) is 52.5 Å². The lowest BCUT2D eigenvalue weighted by Gasteiger charge is -2.31. The van der Waals surface area contributed by atoms with Crippen LogP contribution in [0.2, 0.25) is 0 Å². The SMILES string of the molecule is O=C(C[C@@H]1CCNC[C@@H]1Cc1cc(COc2ccccc2)on1)NCCN1CCOCC1. The number of benzene rings is 1. The van der Waals surface area contributed by atoms with E-state index < -0.39 is 0 Å². The second-order valence-electron chi connectivity index (χ2n) is 8.61. The van der Waals surface area contributed by atoms with Crippen LogP contribution in [0.25, 0.3) is 0 Å². The molecule has 0 unspecified atom stereocenters. The summed E-state index contributed by atoms with van der Waals surface area (Å²) in [5.41, 5.74) is 0.920. The average Bonchev–Trinajstić information content (AvgIpc) is 3.28. The number of hydrogen-bond acceptors (Lipinski definition) is 7. The Morgan fingerprint density at radius 1 is 1.22 bits per heavy atom. The predicted octanol–water partition coefficient (Wildman–Crippen LogP) is 1.86. The number of morpholine rings is 1. The van der Waals surface area contributed by atoms with Gasteiger partial charge in [0.2, 0.25) is 5.91 Å². The Morgan fingerprint density at radius 2 is 2.06 bits per heavy atom. The van der Waals surface area contributed by atoms with E-state index in [1.807, 2.05) is 36.4 Å². The molecular formula is C24H34N4O4. The van der Waals surface area contributed by atoms with Gasteiger partial charge in [-0.15, -0.1) is 0 Å². The number of carbonyl (C=O) groups excluding carboxylic acids is 1.